The summed E-state index contributed by atoms with van der Waals surface area (Å²) in [7, 11) is 3.27. The highest BCUT2D eigenvalue weighted by atomic mass is 35.5. The van der Waals surface area contributed by atoms with E-state index in [1.54, 1.807) is 14.2 Å². The molecule has 0 N–H and O–H groups in total. The molecule has 0 aliphatic heterocycles. The summed E-state index contributed by atoms with van der Waals surface area (Å²) in [5.41, 5.74) is 3.06. The van der Waals surface area contributed by atoms with Crippen molar-refractivity contribution in [3.05, 3.63) is 59.4 Å². The number of hydrogen-bond acceptors (Lipinski definition) is 4. The molecule has 0 aliphatic rings. The maximum absolute atomic E-state index is 6.13. The number of benzene rings is 2. The monoisotopic (exact) mass is 385 g/mol. The molecular weight excluding hydrogens is 362 g/mol. The van der Waals surface area contributed by atoms with Gasteiger partial charge in [0.2, 0.25) is 0 Å². The molecule has 0 amide bonds. The minimum Gasteiger partial charge on any atom is -0.493 e. The first-order chi connectivity index (χ1) is 13.0. The standard InChI is InChI=1S/C22H24ClNO3/c1-14(2)27-17-7-5-6-15(8-17)9-20-19-11-22(26-4)21(25-3)10-18(19)16(12-23)13-24-20/h5-8,10-11,13-14H,9,12H2,1-4H3. The molecule has 142 valence electrons. The predicted octanol–water partition coefficient (Wildman–Crippen LogP) is 5.37. The van der Waals surface area contributed by atoms with Crippen LogP contribution in [0.1, 0.15) is 30.7 Å². The van der Waals surface area contributed by atoms with Gasteiger partial charge in [-0.2, -0.15) is 0 Å². The van der Waals surface area contributed by atoms with E-state index in [4.69, 9.17) is 25.8 Å². The Morgan fingerprint density at radius 3 is 2.33 bits per heavy atom. The second-order valence-electron chi connectivity index (χ2n) is 6.61. The first kappa shape index (κ1) is 19.3. The van der Waals surface area contributed by atoms with E-state index in [1.807, 2.05) is 44.3 Å². The third kappa shape index (κ3) is 4.28. The van der Waals surface area contributed by atoms with Gasteiger partial charge in [0.05, 0.1) is 26.0 Å². The first-order valence-corrected chi connectivity index (χ1v) is 9.43. The van der Waals surface area contributed by atoms with Crippen LogP contribution in [0.3, 0.4) is 0 Å². The van der Waals surface area contributed by atoms with Crippen molar-refractivity contribution in [3.63, 3.8) is 0 Å². The van der Waals surface area contributed by atoms with Gasteiger partial charge in [-0.15, -0.1) is 11.6 Å². The lowest BCUT2D eigenvalue weighted by molar-refractivity contribution is 0.242. The molecule has 1 aromatic heterocycles. The van der Waals surface area contributed by atoms with Crippen LogP contribution in [0.15, 0.2) is 42.6 Å². The van der Waals surface area contributed by atoms with Crippen LogP contribution in [0.5, 0.6) is 17.2 Å². The van der Waals surface area contributed by atoms with Gasteiger partial charge < -0.3 is 14.2 Å². The molecule has 5 heteroatoms. The van der Waals surface area contributed by atoms with E-state index in [-0.39, 0.29) is 6.10 Å². The number of aromatic nitrogens is 1. The van der Waals surface area contributed by atoms with Gasteiger partial charge in [0.1, 0.15) is 5.75 Å². The number of pyridine rings is 1. The summed E-state index contributed by atoms with van der Waals surface area (Å²) in [5, 5.41) is 2.04. The quantitative estimate of drug-likeness (QED) is 0.513. The molecule has 0 unspecified atom stereocenters. The molecule has 3 aromatic rings. The molecule has 0 atom stereocenters. The highest BCUT2D eigenvalue weighted by molar-refractivity contribution is 6.18. The molecule has 0 saturated heterocycles. The van der Waals surface area contributed by atoms with Crippen LogP contribution >= 0.6 is 11.6 Å². The van der Waals surface area contributed by atoms with E-state index in [0.29, 0.717) is 23.8 Å². The molecule has 0 fully saturated rings. The van der Waals surface area contributed by atoms with Crippen LogP contribution in [-0.4, -0.2) is 25.3 Å². The summed E-state index contributed by atoms with van der Waals surface area (Å²) in [6.07, 6.45) is 2.66. The molecule has 2 aromatic carbocycles. The topological polar surface area (TPSA) is 40.6 Å². The first-order valence-electron chi connectivity index (χ1n) is 8.89. The van der Waals surface area contributed by atoms with Gasteiger partial charge in [-0.25, -0.2) is 0 Å². The van der Waals surface area contributed by atoms with Gasteiger partial charge in [-0.3, -0.25) is 4.98 Å². The van der Waals surface area contributed by atoms with E-state index in [2.05, 4.69) is 17.1 Å². The van der Waals surface area contributed by atoms with Crippen LogP contribution in [0.2, 0.25) is 0 Å². The molecule has 3 rings (SSSR count). The Bertz CT molecular complexity index is 940. The van der Waals surface area contributed by atoms with Gasteiger partial charge in [0.25, 0.3) is 0 Å². The summed E-state index contributed by atoms with van der Waals surface area (Å²) >= 11 is 6.13. The average molecular weight is 386 g/mol. The second kappa shape index (κ2) is 8.49. The van der Waals surface area contributed by atoms with E-state index in [9.17, 15) is 0 Å². The fraction of sp³-hybridized carbons (Fsp3) is 0.318. The Kier molecular flexibility index (Phi) is 6.07. The largest absolute Gasteiger partial charge is 0.493 e. The van der Waals surface area contributed by atoms with Crippen molar-refractivity contribution in [3.8, 4) is 17.2 Å². The molecule has 1 heterocycles. The molecule has 0 aliphatic carbocycles. The minimum absolute atomic E-state index is 0.138. The number of nitrogens with zero attached hydrogens (tertiary/aromatic N) is 1. The number of fused-ring (bicyclic) bond motifs is 1. The Balaban J connectivity index is 2.06. The normalized spacial score (nSPS) is 11.0. The number of rotatable bonds is 7. The summed E-state index contributed by atoms with van der Waals surface area (Å²) in [6, 6.07) is 12.1. The summed E-state index contributed by atoms with van der Waals surface area (Å²) in [4.78, 5) is 4.67. The van der Waals surface area contributed by atoms with Gasteiger partial charge in [-0.05, 0) is 54.6 Å². The number of alkyl halides is 1. The Morgan fingerprint density at radius 1 is 1.00 bits per heavy atom. The maximum Gasteiger partial charge on any atom is 0.161 e. The van der Waals surface area contributed by atoms with Crippen molar-refractivity contribution in [2.45, 2.75) is 32.3 Å². The van der Waals surface area contributed by atoms with Gasteiger partial charge in [0, 0.05) is 23.9 Å². The van der Waals surface area contributed by atoms with E-state index < -0.39 is 0 Å². The number of methoxy groups -OCH3 is 2. The molecule has 27 heavy (non-hydrogen) atoms. The minimum atomic E-state index is 0.138. The third-order valence-electron chi connectivity index (χ3n) is 4.34. The van der Waals surface area contributed by atoms with Crippen molar-refractivity contribution in [1.82, 2.24) is 4.98 Å². The Morgan fingerprint density at radius 2 is 1.70 bits per heavy atom. The van der Waals surface area contributed by atoms with Crippen LogP contribution in [-0.2, 0) is 12.3 Å². The van der Waals surface area contributed by atoms with Gasteiger partial charge in [0.15, 0.2) is 11.5 Å². The Labute approximate surface area is 165 Å². The summed E-state index contributed by atoms with van der Waals surface area (Å²) in [5.74, 6) is 2.61. The van der Waals surface area contributed by atoms with E-state index in [1.165, 1.54) is 0 Å². The number of halogens is 1. The van der Waals surface area contributed by atoms with E-state index in [0.717, 1.165) is 33.3 Å². The number of ether oxygens (including phenoxy) is 3. The summed E-state index contributed by atoms with van der Waals surface area (Å²) in [6.45, 7) is 4.04. The lowest BCUT2D eigenvalue weighted by Gasteiger charge is -2.14. The lowest BCUT2D eigenvalue weighted by Crippen LogP contribution is -2.05. The van der Waals surface area contributed by atoms with Crippen molar-refractivity contribution in [2.75, 3.05) is 14.2 Å². The van der Waals surface area contributed by atoms with Gasteiger partial charge >= 0.3 is 0 Å². The fourth-order valence-electron chi connectivity index (χ4n) is 3.12. The van der Waals surface area contributed by atoms with Crippen molar-refractivity contribution in [1.29, 1.82) is 0 Å². The maximum atomic E-state index is 6.13. The molecule has 0 spiro atoms. The van der Waals surface area contributed by atoms with Crippen molar-refractivity contribution in [2.24, 2.45) is 0 Å². The fourth-order valence-corrected chi connectivity index (χ4v) is 3.33. The lowest BCUT2D eigenvalue weighted by atomic mass is 10.0. The van der Waals surface area contributed by atoms with Crippen molar-refractivity contribution >= 4 is 22.4 Å². The van der Waals surface area contributed by atoms with Crippen LogP contribution in [0.25, 0.3) is 10.8 Å². The smallest absolute Gasteiger partial charge is 0.161 e. The molecule has 4 nitrogen and oxygen atoms in total. The van der Waals surface area contributed by atoms with Crippen molar-refractivity contribution < 1.29 is 14.2 Å². The third-order valence-corrected chi connectivity index (χ3v) is 4.63. The number of hydrogen-bond donors (Lipinski definition) is 0. The SMILES string of the molecule is COc1cc2c(CCl)cnc(Cc3cccc(OC(C)C)c3)c2cc1OC. The second-order valence-corrected chi connectivity index (χ2v) is 6.87. The van der Waals surface area contributed by atoms with Crippen LogP contribution in [0, 0.1) is 0 Å². The zero-order chi connectivity index (χ0) is 19.4. The molecule has 0 radical (unpaired) electrons. The molecule has 0 bridgehead atoms. The van der Waals surface area contributed by atoms with E-state index >= 15 is 0 Å². The average Bonchev–Trinajstić information content (AvgIpc) is 2.67. The zero-order valence-corrected chi connectivity index (χ0v) is 16.8. The highest BCUT2D eigenvalue weighted by Gasteiger charge is 2.14. The van der Waals surface area contributed by atoms with Crippen LogP contribution < -0.4 is 14.2 Å². The predicted molar refractivity (Wildman–Crippen MR) is 109 cm³/mol. The van der Waals surface area contributed by atoms with Gasteiger partial charge in [-0.1, -0.05) is 12.1 Å². The Hall–Kier alpha value is -2.46. The zero-order valence-electron chi connectivity index (χ0n) is 16.1. The highest BCUT2D eigenvalue weighted by Crippen LogP contribution is 2.35. The van der Waals surface area contributed by atoms with Crippen LogP contribution in [0.4, 0.5) is 0 Å². The molecule has 0 saturated carbocycles. The summed E-state index contributed by atoms with van der Waals surface area (Å²) < 4.78 is 16.7. The molecular formula is C22H24ClNO3.